The molecular formula is C14H23N5O. The molecule has 2 rings (SSSR count). The summed E-state index contributed by atoms with van der Waals surface area (Å²) >= 11 is 0. The minimum atomic E-state index is -0.00900. The fraction of sp³-hybridized carbons (Fsp3) is 0.571. The Morgan fingerprint density at radius 1 is 1.40 bits per heavy atom. The Balaban J connectivity index is 2.21. The lowest BCUT2D eigenvalue weighted by molar-refractivity contribution is 0.0311. The monoisotopic (exact) mass is 277 g/mol. The zero-order chi connectivity index (χ0) is 14.9. The standard InChI is InChI=1S/C14H23N5O/c1-10-7-11(8-12(16-10)17-15)13(20)19-6-5-18(4)14(2,3)9-19/h7-8H,5-6,9,15H2,1-4H3,(H,16,17). The number of amides is 1. The Morgan fingerprint density at radius 3 is 2.70 bits per heavy atom. The van der Waals surface area contributed by atoms with Gasteiger partial charge in [0.05, 0.1) is 0 Å². The number of hydrogen-bond donors (Lipinski definition) is 2. The van der Waals surface area contributed by atoms with Crippen LogP contribution in [0.5, 0.6) is 0 Å². The molecule has 2 heterocycles. The van der Waals surface area contributed by atoms with Gasteiger partial charge in [-0.15, -0.1) is 0 Å². The van der Waals surface area contributed by atoms with Crippen molar-refractivity contribution in [3.8, 4) is 0 Å². The van der Waals surface area contributed by atoms with E-state index < -0.39 is 0 Å². The van der Waals surface area contributed by atoms with Gasteiger partial charge in [-0.05, 0) is 40.0 Å². The number of hydrazine groups is 1. The molecule has 3 N–H and O–H groups in total. The Morgan fingerprint density at radius 2 is 2.10 bits per heavy atom. The first-order chi connectivity index (χ1) is 9.33. The molecule has 1 fully saturated rings. The largest absolute Gasteiger partial charge is 0.336 e. The van der Waals surface area contributed by atoms with Crippen LogP contribution < -0.4 is 11.3 Å². The van der Waals surface area contributed by atoms with Crippen molar-refractivity contribution in [3.63, 3.8) is 0 Å². The molecular weight excluding hydrogens is 254 g/mol. The molecule has 0 aliphatic carbocycles. The van der Waals surface area contributed by atoms with Crippen LogP contribution in [0.1, 0.15) is 29.9 Å². The third-order valence-electron chi connectivity index (χ3n) is 3.95. The Bertz CT molecular complexity index is 514. The molecule has 6 nitrogen and oxygen atoms in total. The van der Waals surface area contributed by atoms with Crippen LogP contribution in [0.4, 0.5) is 5.82 Å². The van der Waals surface area contributed by atoms with E-state index in [1.807, 2.05) is 11.8 Å². The predicted octanol–water partition coefficient (Wildman–Crippen LogP) is 0.842. The maximum Gasteiger partial charge on any atom is 0.254 e. The highest BCUT2D eigenvalue weighted by atomic mass is 16.2. The highest BCUT2D eigenvalue weighted by Gasteiger charge is 2.33. The maximum atomic E-state index is 12.6. The summed E-state index contributed by atoms with van der Waals surface area (Å²) in [5.41, 5.74) is 3.90. The molecule has 0 unspecified atom stereocenters. The maximum absolute atomic E-state index is 12.6. The van der Waals surface area contributed by atoms with Gasteiger partial charge in [0.25, 0.3) is 5.91 Å². The van der Waals surface area contributed by atoms with Crippen molar-refractivity contribution in [3.05, 3.63) is 23.4 Å². The number of nitrogens with one attached hydrogen (secondary N) is 1. The molecule has 20 heavy (non-hydrogen) atoms. The third-order valence-corrected chi connectivity index (χ3v) is 3.95. The predicted molar refractivity (Wildman–Crippen MR) is 79.4 cm³/mol. The normalized spacial score (nSPS) is 18.9. The van der Waals surface area contributed by atoms with E-state index in [2.05, 4.69) is 36.2 Å². The molecule has 0 bridgehead atoms. The number of nitrogens with zero attached hydrogens (tertiary/aromatic N) is 3. The van der Waals surface area contributed by atoms with Gasteiger partial charge in [0.2, 0.25) is 0 Å². The minimum Gasteiger partial charge on any atom is -0.336 e. The van der Waals surface area contributed by atoms with Crippen LogP contribution >= 0.6 is 0 Å². The first-order valence-electron chi connectivity index (χ1n) is 6.79. The zero-order valence-electron chi connectivity index (χ0n) is 12.6. The summed E-state index contributed by atoms with van der Waals surface area (Å²) in [7, 11) is 2.09. The summed E-state index contributed by atoms with van der Waals surface area (Å²) in [5, 5.41) is 0. The SMILES string of the molecule is Cc1cc(C(=O)N2CCN(C)C(C)(C)C2)cc(NN)n1. The minimum absolute atomic E-state index is 0.00900. The van der Waals surface area contributed by atoms with Crippen molar-refractivity contribution in [2.45, 2.75) is 26.3 Å². The summed E-state index contributed by atoms with van der Waals surface area (Å²) in [5.74, 6) is 5.93. The number of carbonyl (C=O) groups is 1. The van der Waals surface area contributed by atoms with Gasteiger partial charge < -0.3 is 10.3 Å². The van der Waals surface area contributed by atoms with Crippen LogP contribution in [0, 0.1) is 6.92 Å². The van der Waals surface area contributed by atoms with E-state index in [0.29, 0.717) is 11.4 Å². The number of aryl methyl sites for hydroxylation is 1. The van der Waals surface area contributed by atoms with Crippen LogP contribution in [0.25, 0.3) is 0 Å². The Labute approximate surface area is 119 Å². The van der Waals surface area contributed by atoms with Crippen molar-refractivity contribution >= 4 is 11.7 Å². The summed E-state index contributed by atoms with van der Waals surface area (Å²) in [6.45, 7) is 8.49. The van der Waals surface area contributed by atoms with Crippen molar-refractivity contribution in [1.82, 2.24) is 14.8 Å². The highest BCUT2D eigenvalue weighted by Crippen LogP contribution is 2.21. The highest BCUT2D eigenvalue weighted by molar-refractivity contribution is 5.95. The fourth-order valence-electron chi connectivity index (χ4n) is 2.46. The lowest BCUT2D eigenvalue weighted by Crippen LogP contribution is -2.58. The van der Waals surface area contributed by atoms with E-state index in [4.69, 9.17) is 5.84 Å². The first kappa shape index (κ1) is 14.7. The van der Waals surface area contributed by atoms with Crippen LogP contribution in [0.3, 0.4) is 0 Å². The van der Waals surface area contributed by atoms with Gasteiger partial charge in [-0.25, -0.2) is 10.8 Å². The number of nitrogens with two attached hydrogens (primary N) is 1. The number of hydrogen-bond acceptors (Lipinski definition) is 5. The number of pyridine rings is 1. The number of piperazine rings is 1. The molecule has 1 aromatic rings. The van der Waals surface area contributed by atoms with Crippen molar-refractivity contribution in [2.75, 3.05) is 32.1 Å². The molecule has 1 aromatic heterocycles. The number of anilines is 1. The number of carbonyl (C=O) groups excluding carboxylic acids is 1. The summed E-state index contributed by atoms with van der Waals surface area (Å²) in [4.78, 5) is 21.0. The summed E-state index contributed by atoms with van der Waals surface area (Å²) in [6, 6.07) is 3.50. The van der Waals surface area contributed by atoms with Gasteiger partial charge in [-0.2, -0.15) is 0 Å². The average molecular weight is 277 g/mol. The summed E-state index contributed by atoms with van der Waals surface area (Å²) in [6.07, 6.45) is 0. The van der Waals surface area contributed by atoms with Gasteiger partial charge in [0.1, 0.15) is 5.82 Å². The molecule has 6 heteroatoms. The Kier molecular flexibility index (Phi) is 3.96. The quantitative estimate of drug-likeness (QED) is 0.619. The van der Waals surface area contributed by atoms with Crippen LogP contribution in [-0.4, -0.2) is 52.9 Å². The van der Waals surface area contributed by atoms with E-state index in [-0.39, 0.29) is 11.4 Å². The topological polar surface area (TPSA) is 74.5 Å². The smallest absolute Gasteiger partial charge is 0.254 e. The second-order valence-electron chi connectivity index (χ2n) is 5.99. The second kappa shape index (κ2) is 5.38. The van der Waals surface area contributed by atoms with Gasteiger partial charge in [-0.3, -0.25) is 9.69 Å². The molecule has 0 aromatic carbocycles. The van der Waals surface area contributed by atoms with E-state index in [1.54, 1.807) is 12.1 Å². The number of nitrogen functional groups attached to an aromatic ring is 1. The van der Waals surface area contributed by atoms with Crippen molar-refractivity contribution in [2.24, 2.45) is 5.84 Å². The molecule has 0 saturated carbocycles. The molecule has 1 saturated heterocycles. The first-order valence-corrected chi connectivity index (χ1v) is 6.79. The molecule has 1 aliphatic rings. The molecule has 1 aliphatic heterocycles. The second-order valence-corrected chi connectivity index (χ2v) is 5.99. The lowest BCUT2D eigenvalue weighted by Gasteiger charge is -2.45. The fourth-order valence-corrected chi connectivity index (χ4v) is 2.46. The van der Waals surface area contributed by atoms with E-state index in [0.717, 1.165) is 25.3 Å². The van der Waals surface area contributed by atoms with Gasteiger partial charge in [0, 0.05) is 36.4 Å². The van der Waals surface area contributed by atoms with Gasteiger partial charge in [0.15, 0.2) is 0 Å². The molecule has 0 radical (unpaired) electrons. The third kappa shape index (κ3) is 2.91. The molecule has 110 valence electrons. The van der Waals surface area contributed by atoms with E-state index >= 15 is 0 Å². The van der Waals surface area contributed by atoms with Gasteiger partial charge >= 0.3 is 0 Å². The van der Waals surface area contributed by atoms with Crippen LogP contribution in [0.2, 0.25) is 0 Å². The number of likely N-dealkylation sites (N-methyl/N-ethyl adjacent to an activating group) is 1. The lowest BCUT2D eigenvalue weighted by atomic mass is 9.99. The van der Waals surface area contributed by atoms with Gasteiger partial charge in [-0.1, -0.05) is 0 Å². The van der Waals surface area contributed by atoms with E-state index in [9.17, 15) is 4.79 Å². The molecule has 0 atom stereocenters. The molecule has 1 amide bonds. The average Bonchev–Trinajstić information content (AvgIpc) is 2.40. The van der Waals surface area contributed by atoms with Crippen molar-refractivity contribution < 1.29 is 4.79 Å². The van der Waals surface area contributed by atoms with Crippen molar-refractivity contribution in [1.29, 1.82) is 0 Å². The van der Waals surface area contributed by atoms with Crippen LogP contribution in [-0.2, 0) is 0 Å². The Hall–Kier alpha value is -1.66. The number of rotatable bonds is 2. The number of aromatic nitrogens is 1. The summed E-state index contributed by atoms with van der Waals surface area (Å²) < 4.78 is 0. The zero-order valence-corrected chi connectivity index (χ0v) is 12.6. The van der Waals surface area contributed by atoms with E-state index in [1.165, 1.54) is 0 Å². The molecule has 0 spiro atoms. The van der Waals surface area contributed by atoms with Crippen LogP contribution in [0.15, 0.2) is 12.1 Å².